The van der Waals surface area contributed by atoms with E-state index in [-0.39, 0.29) is 45.7 Å². The highest BCUT2D eigenvalue weighted by Crippen LogP contribution is 2.32. The molecule has 1 aliphatic rings. The lowest BCUT2D eigenvalue weighted by Gasteiger charge is -2.20. The Morgan fingerprint density at radius 3 is 2.08 bits per heavy atom. The van der Waals surface area contributed by atoms with Crippen molar-refractivity contribution >= 4 is 74.4 Å². The van der Waals surface area contributed by atoms with E-state index in [4.69, 9.17) is 0 Å². The minimum absolute atomic E-state index is 0.0408. The van der Waals surface area contributed by atoms with Gasteiger partial charge in [-0.15, -0.1) is 11.8 Å². The summed E-state index contributed by atoms with van der Waals surface area (Å²) in [5, 5.41) is 8.33. The second-order valence-corrected chi connectivity index (χ2v) is 12.6. The summed E-state index contributed by atoms with van der Waals surface area (Å²) in [6, 6.07) is 34.3. The summed E-state index contributed by atoms with van der Waals surface area (Å²) in [5.41, 5.74) is 3.07. The van der Waals surface area contributed by atoms with Crippen LogP contribution in [0.25, 0.3) is 6.08 Å². The van der Waals surface area contributed by atoms with Crippen LogP contribution in [-0.4, -0.2) is 35.0 Å². The fourth-order valence-electron chi connectivity index (χ4n) is 5.12. The lowest BCUT2D eigenvalue weighted by atomic mass is 9.83. The van der Waals surface area contributed by atoms with Crippen LogP contribution in [0.5, 0.6) is 0 Å². The van der Waals surface area contributed by atoms with Gasteiger partial charge in [0.05, 0.1) is 17.0 Å². The van der Waals surface area contributed by atoms with Gasteiger partial charge in [-0.05, 0) is 66.2 Å². The minimum atomic E-state index is -0.513. The van der Waals surface area contributed by atoms with Crippen LogP contribution >= 0.6 is 27.7 Å². The highest BCUT2D eigenvalue weighted by atomic mass is 79.9. The van der Waals surface area contributed by atoms with Crippen molar-refractivity contribution in [3.63, 3.8) is 0 Å². The minimum Gasteiger partial charge on any atom is -0.325 e. The topological polar surface area (TPSA) is 121 Å². The first-order chi connectivity index (χ1) is 23.3. The molecule has 236 valence electrons. The van der Waals surface area contributed by atoms with E-state index in [2.05, 4.69) is 31.9 Å². The van der Waals surface area contributed by atoms with Gasteiger partial charge in [-0.2, -0.15) is 0 Å². The van der Waals surface area contributed by atoms with Crippen LogP contribution < -0.4 is 16.0 Å². The van der Waals surface area contributed by atoms with E-state index in [1.807, 2.05) is 24.3 Å². The van der Waals surface area contributed by atoms with Crippen LogP contribution in [0.15, 0.2) is 136 Å². The van der Waals surface area contributed by atoms with Gasteiger partial charge in [-0.3, -0.25) is 24.0 Å². The smallest absolute Gasteiger partial charge is 0.272 e. The normalized spacial score (nSPS) is 12.1. The summed E-state index contributed by atoms with van der Waals surface area (Å²) in [6.45, 7) is 0. The highest BCUT2D eigenvalue weighted by Gasteiger charge is 2.31. The fourth-order valence-corrected chi connectivity index (χ4v) is 6.24. The Kier molecular flexibility index (Phi) is 9.75. The van der Waals surface area contributed by atoms with Gasteiger partial charge in [0.2, 0.25) is 5.91 Å². The standard InChI is InChI=1S/C38H26BrN3O5S/c39-25-11-6-8-23(20-25)21-32(42-37(46)24-9-2-1-3-10-24)38(47)40-26-16-18-27(19-17-26)48-22-33(43)41-31-15-7-14-30-34(31)36(45)29-13-5-4-12-28(29)35(30)44/h1-21H,22H2,(H,40,47)(H,41,43)(H,42,46)/b32-21-. The van der Waals surface area contributed by atoms with E-state index >= 15 is 0 Å². The molecular formula is C38H26BrN3O5S. The summed E-state index contributed by atoms with van der Waals surface area (Å²) in [4.78, 5) is 66.2. The molecule has 0 atom stereocenters. The number of anilines is 2. The van der Waals surface area contributed by atoms with E-state index in [9.17, 15) is 24.0 Å². The Morgan fingerprint density at radius 1 is 0.688 bits per heavy atom. The Labute approximate surface area is 288 Å². The highest BCUT2D eigenvalue weighted by molar-refractivity contribution is 9.10. The Morgan fingerprint density at radius 2 is 1.35 bits per heavy atom. The number of carbonyl (C=O) groups is 5. The average Bonchev–Trinajstić information content (AvgIpc) is 3.10. The van der Waals surface area contributed by atoms with Crippen molar-refractivity contribution < 1.29 is 24.0 Å². The van der Waals surface area contributed by atoms with Crippen molar-refractivity contribution in [3.05, 3.63) is 165 Å². The number of hydrogen-bond acceptors (Lipinski definition) is 6. The molecule has 6 rings (SSSR count). The molecule has 0 aromatic heterocycles. The van der Waals surface area contributed by atoms with Crippen molar-refractivity contribution in [1.82, 2.24) is 5.32 Å². The van der Waals surface area contributed by atoms with Crippen molar-refractivity contribution in [2.75, 3.05) is 16.4 Å². The maximum absolute atomic E-state index is 13.3. The quantitative estimate of drug-likeness (QED) is 0.106. The lowest BCUT2D eigenvalue weighted by Crippen LogP contribution is -2.30. The first kappa shape index (κ1) is 32.4. The van der Waals surface area contributed by atoms with Crippen LogP contribution in [0.3, 0.4) is 0 Å². The molecule has 10 heteroatoms. The third kappa shape index (κ3) is 7.35. The second-order valence-electron chi connectivity index (χ2n) is 10.7. The second kappa shape index (κ2) is 14.5. The van der Waals surface area contributed by atoms with Gasteiger partial charge in [0.25, 0.3) is 11.8 Å². The van der Waals surface area contributed by atoms with Gasteiger partial charge in [0.15, 0.2) is 11.6 Å². The number of halogens is 1. The fraction of sp³-hybridized carbons (Fsp3) is 0.0263. The summed E-state index contributed by atoms with van der Waals surface area (Å²) in [7, 11) is 0. The number of nitrogens with one attached hydrogen (secondary N) is 3. The molecular weight excluding hydrogens is 690 g/mol. The number of benzene rings is 5. The van der Waals surface area contributed by atoms with Gasteiger partial charge in [0.1, 0.15) is 5.70 Å². The SMILES string of the molecule is O=C(CSc1ccc(NC(=O)/C(=C/c2cccc(Br)c2)NC(=O)c2ccccc2)cc1)Nc1cccc2c1C(=O)c1ccccc1C2=O. The molecule has 0 spiro atoms. The maximum Gasteiger partial charge on any atom is 0.272 e. The van der Waals surface area contributed by atoms with Gasteiger partial charge in [-0.1, -0.05) is 82.7 Å². The molecule has 5 aromatic rings. The van der Waals surface area contributed by atoms with Crippen molar-refractivity contribution in [2.24, 2.45) is 0 Å². The van der Waals surface area contributed by atoms with Gasteiger partial charge in [0, 0.05) is 37.3 Å². The third-order valence-corrected chi connectivity index (χ3v) is 8.90. The predicted molar refractivity (Wildman–Crippen MR) is 190 cm³/mol. The number of amides is 3. The molecule has 0 saturated heterocycles. The molecule has 0 bridgehead atoms. The van der Waals surface area contributed by atoms with Crippen LogP contribution in [0.1, 0.15) is 47.8 Å². The first-order valence-electron chi connectivity index (χ1n) is 14.8. The lowest BCUT2D eigenvalue weighted by molar-refractivity contribution is -0.114. The molecule has 48 heavy (non-hydrogen) atoms. The Balaban J connectivity index is 1.10. The molecule has 0 heterocycles. The molecule has 0 fully saturated rings. The van der Waals surface area contributed by atoms with Crippen LogP contribution in [0.2, 0.25) is 0 Å². The van der Waals surface area contributed by atoms with Crippen molar-refractivity contribution in [3.8, 4) is 0 Å². The molecule has 8 nitrogen and oxygen atoms in total. The van der Waals surface area contributed by atoms with Gasteiger partial charge >= 0.3 is 0 Å². The third-order valence-electron chi connectivity index (χ3n) is 7.40. The summed E-state index contributed by atoms with van der Waals surface area (Å²) in [6.07, 6.45) is 1.59. The largest absolute Gasteiger partial charge is 0.325 e. The van der Waals surface area contributed by atoms with Crippen molar-refractivity contribution in [2.45, 2.75) is 4.90 Å². The molecule has 5 aromatic carbocycles. The number of ketones is 2. The maximum atomic E-state index is 13.3. The predicted octanol–water partition coefficient (Wildman–Crippen LogP) is 7.36. The van der Waals surface area contributed by atoms with Crippen LogP contribution in [0, 0.1) is 0 Å². The van der Waals surface area contributed by atoms with E-state index in [0.29, 0.717) is 27.9 Å². The van der Waals surface area contributed by atoms with Crippen LogP contribution in [-0.2, 0) is 9.59 Å². The zero-order chi connectivity index (χ0) is 33.6. The molecule has 3 N–H and O–H groups in total. The van der Waals surface area contributed by atoms with Gasteiger partial charge < -0.3 is 16.0 Å². The van der Waals surface area contributed by atoms with E-state index in [1.54, 1.807) is 103 Å². The summed E-state index contributed by atoms with van der Waals surface area (Å²) < 4.78 is 0.824. The van der Waals surface area contributed by atoms with E-state index in [1.165, 1.54) is 11.8 Å². The van der Waals surface area contributed by atoms with Crippen molar-refractivity contribution in [1.29, 1.82) is 0 Å². The summed E-state index contributed by atoms with van der Waals surface area (Å²) >= 11 is 4.70. The van der Waals surface area contributed by atoms with Crippen LogP contribution in [0.4, 0.5) is 11.4 Å². The molecule has 1 aliphatic carbocycles. The monoisotopic (exact) mass is 715 g/mol. The zero-order valence-electron chi connectivity index (χ0n) is 25.2. The summed E-state index contributed by atoms with van der Waals surface area (Å²) in [5.74, 6) is -1.81. The number of rotatable bonds is 9. The first-order valence-corrected chi connectivity index (χ1v) is 16.5. The molecule has 0 aliphatic heterocycles. The Bertz CT molecular complexity index is 2110. The van der Waals surface area contributed by atoms with Gasteiger partial charge in [-0.25, -0.2) is 0 Å². The Hall–Kier alpha value is -5.58. The molecule has 0 unspecified atom stereocenters. The zero-order valence-corrected chi connectivity index (χ0v) is 27.6. The average molecular weight is 717 g/mol. The van der Waals surface area contributed by atoms with E-state index < -0.39 is 11.8 Å². The molecule has 0 saturated carbocycles. The number of fused-ring (bicyclic) bond motifs is 2. The number of carbonyl (C=O) groups excluding carboxylic acids is 5. The number of thioether (sulfide) groups is 1. The van der Waals surface area contributed by atoms with E-state index in [0.717, 1.165) is 9.37 Å². The number of hydrogen-bond donors (Lipinski definition) is 3. The molecule has 3 amide bonds. The molecule has 0 radical (unpaired) electrons.